The number of anilines is 1. The minimum absolute atomic E-state index is 0.190. The maximum absolute atomic E-state index is 12.8. The molecule has 1 saturated carbocycles. The molecule has 0 unspecified atom stereocenters. The van der Waals surface area contributed by atoms with Crippen LogP contribution in [0.15, 0.2) is 41.5 Å². The zero-order valence-electron chi connectivity index (χ0n) is 13.9. The first-order valence-corrected chi connectivity index (χ1v) is 8.22. The van der Waals surface area contributed by atoms with Crippen LogP contribution in [-0.4, -0.2) is 28.0 Å². The quantitative estimate of drug-likeness (QED) is 0.758. The molecular weight excluding hydrogens is 342 g/mol. The van der Waals surface area contributed by atoms with E-state index < -0.39 is 12.2 Å². The number of hydrogen-bond acceptors (Lipinski definition) is 5. The van der Waals surface area contributed by atoms with E-state index in [-0.39, 0.29) is 17.0 Å². The number of alkyl halides is 2. The Morgan fingerprint density at radius 2 is 2.15 bits per heavy atom. The van der Waals surface area contributed by atoms with Gasteiger partial charge in [-0.1, -0.05) is 0 Å². The van der Waals surface area contributed by atoms with Crippen LogP contribution in [-0.2, 0) is 0 Å². The third-order valence-corrected chi connectivity index (χ3v) is 4.40. The van der Waals surface area contributed by atoms with E-state index >= 15 is 0 Å². The van der Waals surface area contributed by atoms with Gasteiger partial charge < -0.3 is 10.1 Å². The highest BCUT2D eigenvalue weighted by molar-refractivity contribution is 5.83. The second-order valence-electron chi connectivity index (χ2n) is 6.09. The number of halogens is 2. The summed E-state index contributed by atoms with van der Waals surface area (Å²) in [6, 6.07) is 7.00. The Hall–Kier alpha value is -3.03. The molecule has 3 aromatic rings. The minimum atomic E-state index is -3.04. The first-order chi connectivity index (χ1) is 12.6. The predicted octanol–water partition coefficient (Wildman–Crippen LogP) is 3.28. The van der Waals surface area contributed by atoms with Crippen molar-refractivity contribution in [1.82, 2.24) is 14.4 Å². The zero-order chi connectivity index (χ0) is 18.3. The largest absolute Gasteiger partial charge is 0.416 e. The van der Waals surface area contributed by atoms with Crippen LogP contribution in [0.1, 0.15) is 24.3 Å². The van der Waals surface area contributed by atoms with Gasteiger partial charge in [0.05, 0.1) is 16.6 Å². The van der Waals surface area contributed by atoms with Crippen LogP contribution in [0.2, 0.25) is 0 Å². The Bertz CT molecular complexity index is 1030. The minimum Gasteiger partial charge on any atom is -0.416 e. The van der Waals surface area contributed by atoms with E-state index in [2.05, 4.69) is 20.0 Å². The van der Waals surface area contributed by atoms with E-state index in [0.29, 0.717) is 17.4 Å². The molecule has 26 heavy (non-hydrogen) atoms. The highest BCUT2D eigenvalue weighted by Gasteiger charge is 2.25. The molecule has 1 aliphatic carbocycles. The number of nitrogens with one attached hydrogen (secondary N) is 1. The van der Waals surface area contributed by atoms with Gasteiger partial charge in [0, 0.05) is 19.4 Å². The van der Waals surface area contributed by atoms with E-state index in [1.165, 1.54) is 12.3 Å². The van der Waals surface area contributed by atoms with Crippen LogP contribution in [0.25, 0.3) is 16.6 Å². The van der Waals surface area contributed by atoms with Crippen LogP contribution < -0.4 is 15.6 Å². The second-order valence-corrected chi connectivity index (χ2v) is 6.09. The van der Waals surface area contributed by atoms with Gasteiger partial charge in [0.15, 0.2) is 0 Å². The molecule has 4 rings (SSSR count). The first kappa shape index (κ1) is 16.4. The van der Waals surface area contributed by atoms with Gasteiger partial charge in [0.25, 0.3) is 5.56 Å². The fourth-order valence-corrected chi connectivity index (χ4v) is 3.07. The normalized spacial score (nSPS) is 14.0. The van der Waals surface area contributed by atoms with Gasteiger partial charge in [0.2, 0.25) is 11.8 Å². The Morgan fingerprint density at radius 3 is 2.85 bits per heavy atom. The summed E-state index contributed by atoms with van der Waals surface area (Å²) in [5.41, 5.74) is 1.54. The van der Waals surface area contributed by atoms with E-state index in [1.54, 1.807) is 17.5 Å². The summed E-state index contributed by atoms with van der Waals surface area (Å²) in [6.45, 7) is -3.04. The summed E-state index contributed by atoms with van der Waals surface area (Å²) in [7, 11) is 1.66. The monoisotopic (exact) mass is 358 g/mol. The van der Waals surface area contributed by atoms with Gasteiger partial charge in [-0.15, -0.1) is 0 Å². The molecule has 0 saturated heterocycles. The fourth-order valence-electron chi connectivity index (χ4n) is 3.07. The summed E-state index contributed by atoms with van der Waals surface area (Å²) in [6.07, 6.45) is 5.37. The fraction of sp³-hybridized carbons (Fsp3) is 0.278. The van der Waals surface area contributed by atoms with E-state index in [4.69, 9.17) is 0 Å². The molecule has 6 nitrogen and oxygen atoms in total. The van der Waals surface area contributed by atoms with Gasteiger partial charge in [-0.3, -0.25) is 9.20 Å². The van der Waals surface area contributed by atoms with Gasteiger partial charge in [-0.25, -0.2) is 4.98 Å². The lowest BCUT2D eigenvalue weighted by molar-refractivity contribution is -0.0524. The van der Waals surface area contributed by atoms with Crippen LogP contribution >= 0.6 is 0 Å². The van der Waals surface area contributed by atoms with E-state index in [0.717, 1.165) is 18.4 Å². The summed E-state index contributed by atoms with van der Waals surface area (Å²) in [5, 5.41) is 2.89. The molecule has 0 radical (unpaired) electrons. The van der Waals surface area contributed by atoms with Crippen molar-refractivity contribution in [2.24, 2.45) is 0 Å². The van der Waals surface area contributed by atoms with Crippen LogP contribution in [0.4, 0.5) is 14.7 Å². The van der Waals surface area contributed by atoms with Crippen molar-refractivity contribution < 1.29 is 13.5 Å². The lowest BCUT2D eigenvalue weighted by Crippen LogP contribution is -2.17. The number of hydrogen-bond donors (Lipinski definition) is 1. The van der Waals surface area contributed by atoms with Crippen molar-refractivity contribution in [2.75, 3.05) is 12.4 Å². The van der Waals surface area contributed by atoms with E-state index in [9.17, 15) is 13.6 Å². The van der Waals surface area contributed by atoms with E-state index in [1.807, 2.05) is 18.3 Å². The van der Waals surface area contributed by atoms with Crippen molar-refractivity contribution in [3.05, 3.63) is 52.6 Å². The molecule has 0 aromatic carbocycles. The van der Waals surface area contributed by atoms with Crippen LogP contribution in [0.3, 0.4) is 0 Å². The number of rotatable bonds is 5. The highest BCUT2D eigenvalue weighted by atomic mass is 19.3. The predicted molar refractivity (Wildman–Crippen MR) is 92.8 cm³/mol. The molecule has 0 spiro atoms. The Kier molecular flexibility index (Phi) is 4.02. The van der Waals surface area contributed by atoms with Crippen molar-refractivity contribution >= 4 is 11.5 Å². The van der Waals surface area contributed by atoms with Crippen molar-refractivity contribution in [1.29, 1.82) is 0 Å². The summed E-state index contributed by atoms with van der Waals surface area (Å²) in [5.74, 6) is 0.550. The average Bonchev–Trinajstić information content (AvgIpc) is 3.46. The Labute approximate surface area is 147 Å². The number of aromatic nitrogens is 3. The molecule has 1 fully saturated rings. The summed E-state index contributed by atoms with van der Waals surface area (Å²) in [4.78, 5) is 20.6. The number of fused-ring (bicyclic) bond motifs is 1. The van der Waals surface area contributed by atoms with Crippen LogP contribution in [0.5, 0.6) is 5.88 Å². The standard InChI is InChI=1S/C18H16F2N4O2/c1-21-18-23-15(25)14(12-3-2-7-22-16(12)26-17(19)20)13-9-11(10-4-5-10)6-8-24(13)18/h2-3,6-10,17H,4-5H2,1H3,(H,21,23,25). The van der Waals surface area contributed by atoms with Gasteiger partial charge in [0.1, 0.15) is 0 Å². The smallest absolute Gasteiger partial charge is 0.388 e. The lowest BCUT2D eigenvalue weighted by Gasteiger charge is -2.14. The molecule has 3 heterocycles. The lowest BCUT2D eigenvalue weighted by atomic mass is 10.0. The molecule has 0 amide bonds. The molecule has 0 aliphatic heterocycles. The summed E-state index contributed by atoms with van der Waals surface area (Å²) < 4.78 is 31.8. The summed E-state index contributed by atoms with van der Waals surface area (Å²) >= 11 is 0. The topological polar surface area (TPSA) is 68.5 Å². The number of nitrogens with zero attached hydrogens (tertiary/aromatic N) is 3. The highest BCUT2D eigenvalue weighted by Crippen LogP contribution is 2.41. The molecular formula is C18H16F2N4O2. The van der Waals surface area contributed by atoms with Crippen LogP contribution in [0, 0.1) is 0 Å². The van der Waals surface area contributed by atoms with Gasteiger partial charge in [-0.05, 0) is 48.6 Å². The zero-order valence-corrected chi connectivity index (χ0v) is 13.9. The van der Waals surface area contributed by atoms with Crippen molar-refractivity contribution in [2.45, 2.75) is 25.4 Å². The maximum atomic E-state index is 12.8. The molecule has 3 aromatic heterocycles. The second kappa shape index (κ2) is 6.36. The Morgan fingerprint density at radius 1 is 1.35 bits per heavy atom. The molecule has 1 N–H and O–H groups in total. The maximum Gasteiger partial charge on any atom is 0.388 e. The van der Waals surface area contributed by atoms with Crippen molar-refractivity contribution in [3.63, 3.8) is 0 Å². The van der Waals surface area contributed by atoms with Gasteiger partial charge in [-0.2, -0.15) is 13.8 Å². The number of ether oxygens (including phenoxy) is 1. The average molecular weight is 358 g/mol. The molecule has 0 atom stereocenters. The first-order valence-electron chi connectivity index (χ1n) is 8.22. The third-order valence-electron chi connectivity index (χ3n) is 4.40. The molecule has 134 valence electrons. The Balaban J connectivity index is 2.02. The third kappa shape index (κ3) is 2.87. The van der Waals surface area contributed by atoms with Crippen molar-refractivity contribution in [3.8, 4) is 17.0 Å². The SMILES string of the molecule is CNc1nc(=O)c(-c2cccnc2OC(F)F)c2cc(C3CC3)ccn12. The molecule has 8 heteroatoms. The van der Waals surface area contributed by atoms with Gasteiger partial charge >= 0.3 is 6.61 Å². The molecule has 0 bridgehead atoms. The number of pyridine rings is 2. The molecule has 1 aliphatic rings.